The summed E-state index contributed by atoms with van der Waals surface area (Å²) in [6, 6.07) is 1.14. The average molecular weight is 240 g/mol. The minimum Gasteiger partial charge on any atom is -0.480 e. The van der Waals surface area contributed by atoms with Gasteiger partial charge in [0.15, 0.2) is 0 Å². The van der Waals surface area contributed by atoms with E-state index in [1.165, 1.54) is 6.07 Å². The third-order valence-electron chi connectivity index (χ3n) is 3.19. The molecule has 1 rings (SSSR count). The fourth-order valence-electron chi connectivity index (χ4n) is 1.52. The van der Waals surface area contributed by atoms with Crippen LogP contribution in [0.5, 0.6) is 0 Å². The quantitative estimate of drug-likeness (QED) is 0.875. The molecule has 0 saturated heterocycles. The first kappa shape index (κ1) is 13.6. The second-order valence-corrected chi connectivity index (χ2v) is 4.59. The number of aromatic nitrogens is 1. The van der Waals surface area contributed by atoms with Crippen LogP contribution in [0.3, 0.4) is 0 Å². The van der Waals surface area contributed by atoms with Crippen LogP contribution in [-0.2, 0) is 4.79 Å². The molecule has 0 radical (unpaired) electrons. The van der Waals surface area contributed by atoms with Crippen molar-refractivity contribution < 1.29 is 14.3 Å². The van der Waals surface area contributed by atoms with E-state index in [9.17, 15) is 9.18 Å². The summed E-state index contributed by atoms with van der Waals surface area (Å²) in [5.41, 5.74) is -0.368. The van der Waals surface area contributed by atoms with Crippen molar-refractivity contribution >= 4 is 5.97 Å². The van der Waals surface area contributed by atoms with Gasteiger partial charge in [0.05, 0.1) is 6.20 Å². The van der Waals surface area contributed by atoms with Gasteiger partial charge in [0.1, 0.15) is 11.4 Å². The molecular weight excluding hydrogens is 223 g/mol. The van der Waals surface area contributed by atoms with Crippen LogP contribution in [0.25, 0.3) is 0 Å². The largest absolute Gasteiger partial charge is 0.480 e. The van der Waals surface area contributed by atoms with Gasteiger partial charge in [-0.3, -0.25) is 14.7 Å². The number of rotatable bonds is 4. The molecule has 0 spiro atoms. The highest BCUT2D eigenvalue weighted by Crippen LogP contribution is 2.26. The van der Waals surface area contributed by atoms with Crippen molar-refractivity contribution in [1.82, 2.24) is 9.88 Å². The highest BCUT2D eigenvalue weighted by molar-refractivity contribution is 5.77. The normalized spacial score (nSPS) is 13.8. The molecule has 0 amide bonds. The number of hydrogen-bond acceptors (Lipinski definition) is 3. The zero-order chi connectivity index (χ0) is 13.2. The van der Waals surface area contributed by atoms with Crippen LogP contribution in [0, 0.1) is 5.82 Å². The molecule has 5 heteroatoms. The fraction of sp³-hybridized carbons (Fsp3) is 0.500. The second kappa shape index (κ2) is 4.79. The van der Waals surface area contributed by atoms with Gasteiger partial charge in [-0.1, -0.05) is 0 Å². The molecular formula is C12H17FN2O2. The number of nitrogens with zero attached hydrogens (tertiary/aromatic N) is 2. The minimum atomic E-state index is -1.02. The van der Waals surface area contributed by atoms with E-state index in [2.05, 4.69) is 4.98 Å². The lowest BCUT2D eigenvalue weighted by Crippen LogP contribution is -2.48. The smallest absolute Gasteiger partial charge is 0.323 e. The van der Waals surface area contributed by atoms with Gasteiger partial charge in [0.25, 0.3) is 0 Å². The topological polar surface area (TPSA) is 53.4 Å². The Morgan fingerprint density at radius 2 is 2.12 bits per heavy atom. The number of carboxylic acid groups (broad SMARTS) is 1. The van der Waals surface area contributed by atoms with Gasteiger partial charge >= 0.3 is 5.97 Å². The molecule has 1 aromatic rings. The van der Waals surface area contributed by atoms with Crippen molar-refractivity contribution in [2.24, 2.45) is 0 Å². The Hall–Kier alpha value is -1.49. The van der Waals surface area contributed by atoms with E-state index in [1.54, 1.807) is 32.0 Å². The molecule has 4 nitrogen and oxygen atoms in total. The lowest BCUT2D eigenvalue weighted by atomic mass is 9.99. The van der Waals surface area contributed by atoms with E-state index in [0.29, 0.717) is 5.56 Å². The Morgan fingerprint density at radius 1 is 1.53 bits per heavy atom. The van der Waals surface area contributed by atoms with E-state index in [4.69, 9.17) is 5.11 Å². The molecule has 0 saturated carbocycles. The maximum atomic E-state index is 13.0. The zero-order valence-electron chi connectivity index (χ0n) is 10.4. The Bertz CT molecular complexity index is 421. The van der Waals surface area contributed by atoms with Crippen molar-refractivity contribution in [2.75, 3.05) is 7.05 Å². The molecule has 1 aromatic heterocycles. The fourth-order valence-corrected chi connectivity index (χ4v) is 1.52. The number of hydrogen-bond donors (Lipinski definition) is 1. The number of aliphatic carboxylic acids is 1. The standard InChI is InChI=1S/C12H17FN2O2/c1-8(9-5-10(13)7-14-6-9)15(4)12(2,3)11(16)17/h5-8H,1-4H3,(H,16,17). The monoisotopic (exact) mass is 240 g/mol. The van der Waals surface area contributed by atoms with Gasteiger partial charge in [-0.05, 0) is 39.4 Å². The summed E-state index contributed by atoms with van der Waals surface area (Å²) in [7, 11) is 1.70. The summed E-state index contributed by atoms with van der Waals surface area (Å²) in [4.78, 5) is 16.6. The van der Waals surface area contributed by atoms with Crippen molar-refractivity contribution in [3.05, 3.63) is 29.8 Å². The maximum absolute atomic E-state index is 13.0. The lowest BCUT2D eigenvalue weighted by molar-refractivity contribution is -0.149. The first-order valence-electron chi connectivity index (χ1n) is 5.33. The van der Waals surface area contributed by atoms with E-state index in [-0.39, 0.29) is 6.04 Å². The van der Waals surface area contributed by atoms with Gasteiger partial charge in [-0.15, -0.1) is 0 Å². The predicted octanol–water partition coefficient (Wildman–Crippen LogP) is 2.08. The molecule has 1 unspecified atom stereocenters. The molecule has 0 aromatic carbocycles. The summed E-state index contributed by atoms with van der Waals surface area (Å²) in [6.07, 6.45) is 2.67. The summed E-state index contributed by atoms with van der Waals surface area (Å²) >= 11 is 0. The number of carbonyl (C=O) groups is 1. The van der Waals surface area contributed by atoms with Crippen LogP contribution in [0.1, 0.15) is 32.4 Å². The zero-order valence-corrected chi connectivity index (χ0v) is 10.4. The molecule has 17 heavy (non-hydrogen) atoms. The van der Waals surface area contributed by atoms with Crippen molar-refractivity contribution in [1.29, 1.82) is 0 Å². The first-order valence-corrected chi connectivity index (χ1v) is 5.33. The Kier molecular flexibility index (Phi) is 3.83. The molecule has 1 N–H and O–H groups in total. The molecule has 0 bridgehead atoms. The van der Waals surface area contributed by atoms with Crippen molar-refractivity contribution in [2.45, 2.75) is 32.4 Å². The minimum absolute atomic E-state index is 0.232. The molecule has 1 heterocycles. The van der Waals surface area contributed by atoms with Crippen LogP contribution in [0.15, 0.2) is 18.5 Å². The molecule has 0 aliphatic heterocycles. The summed E-state index contributed by atoms with van der Waals surface area (Å²) in [6.45, 7) is 5.04. The number of pyridine rings is 1. The molecule has 0 aliphatic rings. The van der Waals surface area contributed by atoms with Crippen LogP contribution in [-0.4, -0.2) is 33.5 Å². The number of carboxylic acids is 1. The average Bonchev–Trinajstić information content (AvgIpc) is 2.26. The van der Waals surface area contributed by atoms with E-state index < -0.39 is 17.3 Å². The SMILES string of the molecule is CC(c1cncc(F)c1)N(C)C(C)(C)C(=O)O. The molecule has 94 valence electrons. The van der Waals surface area contributed by atoms with Gasteiger partial charge in [0, 0.05) is 12.2 Å². The third kappa shape index (κ3) is 2.79. The maximum Gasteiger partial charge on any atom is 0.323 e. The lowest BCUT2D eigenvalue weighted by Gasteiger charge is -2.36. The highest BCUT2D eigenvalue weighted by atomic mass is 19.1. The van der Waals surface area contributed by atoms with E-state index in [1.807, 2.05) is 6.92 Å². The van der Waals surface area contributed by atoms with E-state index >= 15 is 0 Å². The van der Waals surface area contributed by atoms with Gasteiger partial charge in [-0.2, -0.15) is 0 Å². The number of halogens is 1. The van der Waals surface area contributed by atoms with E-state index in [0.717, 1.165) is 6.20 Å². The van der Waals surface area contributed by atoms with Crippen molar-refractivity contribution in [3.63, 3.8) is 0 Å². The van der Waals surface area contributed by atoms with Crippen LogP contribution in [0.2, 0.25) is 0 Å². The second-order valence-electron chi connectivity index (χ2n) is 4.59. The highest BCUT2D eigenvalue weighted by Gasteiger charge is 2.35. The number of likely N-dealkylation sites (N-methyl/N-ethyl adjacent to an activating group) is 1. The molecule has 0 fully saturated rings. The Labute approximate surface area is 100 Å². The summed E-state index contributed by atoms with van der Waals surface area (Å²) in [5.74, 6) is -1.34. The van der Waals surface area contributed by atoms with Gasteiger partial charge in [0.2, 0.25) is 0 Å². The first-order chi connectivity index (χ1) is 7.76. The van der Waals surface area contributed by atoms with Gasteiger partial charge in [-0.25, -0.2) is 4.39 Å². The van der Waals surface area contributed by atoms with Crippen molar-refractivity contribution in [3.8, 4) is 0 Å². The van der Waals surface area contributed by atoms with Crippen LogP contribution in [0.4, 0.5) is 4.39 Å². The Balaban J connectivity index is 2.98. The van der Waals surface area contributed by atoms with Crippen LogP contribution >= 0.6 is 0 Å². The summed E-state index contributed by atoms with van der Waals surface area (Å²) in [5, 5.41) is 9.13. The predicted molar refractivity (Wildman–Crippen MR) is 62.1 cm³/mol. The summed E-state index contributed by atoms with van der Waals surface area (Å²) < 4.78 is 13.0. The molecule has 1 atom stereocenters. The Morgan fingerprint density at radius 3 is 2.59 bits per heavy atom. The molecule has 0 aliphatic carbocycles. The van der Waals surface area contributed by atoms with Crippen LogP contribution < -0.4 is 0 Å². The van der Waals surface area contributed by atoms with Gasteiger partial charge < -0.3 is 5.11 Å². The third-order valence-corrected chi connectivity index (χ3v) is 3.19.